The van der Waals surface area contributed by atoms with Gasteiger partial charge in [0.2, 0.25) is 0 Å². The van der Waals surface area contributed by atoms with Gasteiger partial charge in [-0.15, -0.1) is 0 Å². The number of hydrogen-bond donors (Lipinski definition) is 0. The fourth-order valence-corrected chi connectivity index (χ4v) is 4.69. The van der Waals surface area contributed by atoms with Crippen LogP contribution in [0.2, 0.25) is 0 Å². The summed E-state index contributed by atoms with van der Waals surface area (Å²) in [5.74, 6) is -0.210. The molecule has 6 nitrogen and oxygen atoms in total. The van der Waals surface area contributed by atoms with Crippen molar-refractivity contribution in [3.8, 4) is 0 Å². The summed E-state index contributed by atoms with van der Waals surface area (Å²) in [6.07, 6.45) is 6.93. The molecule has 2 aromatic carbocycles. The highest BCUT2D eigenvalue weighted by molar-refractivity contribution is 6.05. The van der Waals surface area contributed by atoms with E-state index in [1.54, 1.807) is 11.1 Å². The van der Waals surface area contributed by atoms with E-state index in [1.165, 1.54) is 5.56 Å². The molecule has 0 saturated carbocycles. The van der Waals surface area contributed by atoms with E-state index in [4.69, 9.17) is 4.74 Å². The fraction of sp³-hybridized carbons (Fsp3) is 0.296. The Morgan fingerprint density at radius 1 is 1.03 bits per heavy atom. The lowest BCUT2D eigenvalue weighted by molar-refractivity contribution is -0.166. The van der Waals surface area contributed by atoms with E-state index in [1.807, 2.05) is 65.6 Å². The monoisotopic (exact) mass is 441 g/mol. The normalized spacial score (nSPS) is 20.9. The van der Waals surface area contributed by atoms with E-state index in [9.17, 15) is 9.59 Å². The predicted molar refractivity (Wildman–Crippen MR) is 127 cm³/mol. The molecule has 3 heterocycles. The molecule has 1 aromatic heterocycles. The summed E-state index contributed by atoms with van der Waals surface area (Å²) >= 11 is 0. The molecule has 1 atom stereocenters. The van der Waals surface area contributed by atoms with Crippen LogP contribution < -0.4 is 0 Å². The van der Waals surface area contributed by atoms with E-state index in [0.29, 0.717) is 38.4 Å². The minimum atomic E-state index is -1.05. The molecule has 1 spiro atoms. The summed E-state index contributed by atoms with van der Waals surface area (Å²) in [6.45, 7) is 2.14. The van der Waals surface area contributed by atoms with Crippen molar-refractivity contribution in [3.63, 3.8) is 0 Å². The second kappa shape index (κ2) is 9.16. The quantitative estimate of drug-likeness (QED) is 0.582. The summed E-state index contributed by atoms with van der Waals surface area (Å²) in [6, 6.07) is 19.8. The van der Waals surface area contributed by atoms with Gasteiger partial charge in [-0.2, -0.15) is 0 Å². The number of fused-ring (bicyclic) bond motifs is 1. The van der Waals surface area contributed by atoms with Gasteiger partial charge in [0, 0.05) is 37.6 Å². The van der Waals surface area contributed by atoms with E-state index in [0.717, 1.165) is 17.2 Å². The highest BCUT2D eigenvalue weighted by Crippen LogP contribution is 2.29. The Balaban J connectivity index is 1.37. The summed E-state index contributed by atoms with van der Waals surface area (Å²) in [4.78, 5) is 35.1. The highest BCUT2D eigenvalue weighted by Gasteiger charge is 2.47. The van der Waals surface area contributed by atoms with E-state index >= 15 is 0 Å². The standard InChI is InChI=1S/C27H27N3O3/c31-25(24-23-11-5-4-10-22(23)12-15-28-24)30-18-19-33-27(20-30)14-6-7-16-29(26(27)32)17-13-21-8-2-1-3-9-21/h1-12,15H,13-14,16-20H2/t27-/m1/s1. The lowest BCUT2D eigenvalue weighted by atomic mass is 9.95. The van der Waals surface area contributed by atoms with Crippen molar-refractivity contribution in [1.29, 1.82) is 0 Å². The summed E-state index contributed by atoms with van der Waals surface area (Å²) in [5.41, 5.74) is 0.556. The Morgan fingerprint density at radius 2 is 1.85 bits per heavy atom. The average Bonchev–Trinajstić information content (AvgIpc) is 3.01. The number of pyridine rings is 1. The smallest absolute Gasteiger partial charge is 0.273 e. The first kappa shape index (κ1) is 21.3. The number of carbonyl (C=O) groups excluding carboxylic acids is 2. The number of morpholine rings is 1. The second-order valence-electron chi connectivity index (χ2n) is 8.61. The molecule has 0 radical (unpaired) electrons. The van der Waals surface area contributed by atoms with Crippen LogP contribution in [0.5, 0.6) is 0 Å². The molecule has 3 aromatic rings. The molecule has 2 aliphatic heterocycles. The van der Waals surface area contributed by atoms with E-state index in [2.05, 4.69) is 17.1 Å². The first-order chi connectivity index (χ1) is 16.2. The van der Waals surface area contributed by atoms with Crippen LogP contribution in [0.25, 0.3) is 10.8 Å². The summed E-state index contributed by atoms with van der Waals surface area (Å²) in [7, 11) is 0. The number of ether oxygens (including phenoxy) is 1. The first-order valence-electron chi connectivity index (χ1n) is 11.4. The Morgan fingerprint density at radius 3 is 2.73 bits per heavy atom. The predicted octanol–water partition coefficient (Wildman–Crippen LogP) is 3.48. The van der Waals surface area contributed by atoms with Gasteiger partial charge in [0.1, 0.15) is 5.69 Å². The molecule has 0 unspecified atom stereocenters. The van der Waals surface area contributed by atoms with Gasteiger partial charge >= 0.3 is 0 Å². The van der Waals surface area contributed by atoms with Crippen molar-refractivity contribution < 1.29 is 14.3 Å². The molecular weight excluding hydrogens is 414 g/mol. The Hall–Kier alpha value is -3.51. The summed E-state index contributed by atoms with van der Waals surface area (Å²) in [5, 5.41) is 1.79. The fourth-order valence-electron chi connectivity index (χ4n) is 4.69. The van der Waals surface area contributed by atoms with Crippen LogP contribution in [0.1, 0.15) is 22.5 Å². The molecule has 1 fully saturated rings. The van der Waals surface area contributed by atoms with Crippen LogP contribution >= 0.6 is 0 Å². The molecule has 2 aliphatic rings. The zero-order valence-electron chi connectivity index (χ0n) is 18.5. The minimum Gasteiger partial charge on any atom is -0.361 e. The lowest BCUT2D eigenvalue weighted by Gasteiger charge is -2.42. The van der Waals surface area contributed by atoms with E-state index in [-0.39, 0.29) is 18.4 Å². The van der Waals surface area contributed by atoms with Gasteiger partial charge in [0.15, 0.2) is 5.60 Å². The molecule has 1 saturated heterocycles. The van der Waals surface area contributed by atoms with Gasteiger partial charge in [-0.05, 0) is 23.4 Å². The molecular formula is C27H27N3O3. The largest absolute Gasteiger partial charge is 0.361 e. The Kier molecular flexibility index (Phi) is 5.92. The van der Waals surface area contributed by atoms with Gasteiger partial charge in [0.25, 0.3) is 11.8 Å². The van der Waals surface area contributed by atoms with Crippen molar-refractivity contribution in [1.82, 2.24) is 14.8 Å². The molecule has 0 bridgehead atoms. The van der Waals surface area contributed by atoms with Crippen molar-refractivity contribution in [2.24, 2.45) is 0 Å². The molecule has 33 heavy (non-hydrogen) atoms. The number of aromatic nitrogens is 1. The van der Waals surface area contributed by atoms with Gasteiger partial charge in [-0.1, -0.05) is 66.7 Å². The molecule has 0 N–H and O–H groups in total. The molecule has 2 amide bonds. The molecule has 168 valence electrons. The van der Waals surface area contributed by atoms with Gasteiger partial charge < -0.3 is 14.5 Å². The minimum absolute atomic E-state index is 0.0492. The van der Waals surface area contributed by atoms with Gasteiger partial charge in [0.05, 0.1) is 13.2 Å². The number of carbonyl (C=O) groups is 2. The molecule has 6 heteroatoms. The van der Waals surface area contributed by atoms with Crippen LogP contribution in [0.3, 0.4) is 0 Å². The van der Waals surface area contributed by atoms with Crippen molar-refractivity contribution in [3.05, 3.63) is 90.3 Å². The Labute approximate surface area is 193 Å². The summed E-state index contributed by atoms with van der Waals surface area (Å²) < 4.78 is 6.13. The van der Waals surface area contributed by atoms with Crippen LogP contribution in [0, 0.1) is 0 Å². The lowest BCUT2D eigenvalue weighted by Crippen LogP contribution is -2.61. The number of nitrogens with zero attached hydrogens (tertiary/aromatic N) is 3. The first-order valence-corrected chi connectivity index (χ1v) is 11.4. The van der Waals surface area contributed by atoms with Crippen molar-refractivity contribution >= 4 is 22.6 Å². The maximum atomic E-state index is 13.7. The maximum Gasteiger partial charge on any atom is 0.273 e. The third-order valence-electron chi connectivity index (χ3n) is 6.48. The van der Waals surface area contributed by atoms with E-state index < -0.39 is 5.60 Å². The van der Waals surface area contributed by atoms with Crippen molar-refractivity contribution in [2.75, 3.05) is 32.8 Å². The second-order valence-corrected chi connectivity index (χ2v) is 8.61. The number of benzene rings is 2. The van der Waals surface area contributed by atoms with Crippen LogP contribution in [-0.4, -0.2) is 65.0 Å². The molecule has 0 aliphatic carbocycles. The topological polar surface area (TPSA) is 62.7 Å². The number of amides is 2. The zero-order chi connectivity index (χ0) is 22.7. The highest BCUT2D eigenvalue weighted by atomic mass is 16.5. The average molecular weight is 442 g/mol. The maximum absolute atomic E-state index is 13.7. The van der Waals surface area contributed by atoms with Crippen LogP contribution in [0.4, 0.5) is 0 Å². The van der Waals surface area contributed by atoms with Gasteiger partial charge in [-0.25, -0.2) is 0 Å². The molecule has 5 rings (SSSR count). The van der Waals surface area contributed by atoms with Crippen molar-refractivity contribution in [2.45, 2.75) is 18.4 Å². The number of hydrogen-bond acceptors (Lipinski definition) is 4. The SMILES string of the molecule is O=C(c1nccc2ccccc12)N1CCO[C@]2(CC=CCN(CCc3ccccc3)C2=O)C1. The van der Waals surface area contributed by atoms with Crippen LogP contribution in [0.15, 0.2) is 79.0 Å². The number of rotatable bonds is 4. The third kappa shape index (κ3) is 4.26. The Bertz CT molecular complexity index is 1190. The zero-order valence-corrected chi connectivity index (χ0v) is 18.5. The third-order valence-corrected chi connectivity index (χ3v) is 6.48. The van der Waals surface area contributed by atoms with Gasteiger partial charge in [-0.3, -0.25) is 14.6 Å². The van der Waals surface area contributed by atoms with Crippen LogP contribution in [-0.2, 0) is 16.0 Å².